The number of isothiocyanates is 2. The third-order valence-corrected chi connectivity index (χ3v) is 27.3. The molecule has 750 valence electrons. The van der Waals surface area contributed by atoms with Crippen molar-refractivity contribution in [3.05, 3.63) is 275 Å². The molecule has 0 atom stereocenters. The number of nitrogens with zero attached hydrogens (tertiary/aromatic N) is 4. The van der Waals surface area contributed by atoms with Gasteiger partial charge in [0.15, 0.2) is 19.7 Å². The molecule has 0 saturated carbocycles. The minimum atomic E-state index is -3.66. The summed E-state index contributed by atoms with van der Waals surface area (Å²) in [4.78, 5) is 48.3. The number of nitrogens with one attached hydrogen (secondary N) is 2. The van der Waals surface area contributed by atoms with E-state index in [4.69, 9.17) is 30.1 Å². The smallest absolute Gasteiger partial charge is 0.424 e. The van der Waals surface area contributed by atoms with Crippen LogP contribution in [0.5, 0.6) is 0 Å². The van der Waals surface area contributed by atoms with Crippen LogP contribution >= 0.6 is 95.9 Å². The maximum absolute atomic E-state index is 13.0. The van der Waals surface area contributed by atoms with Crippen LogP contribution in [0.1, 0.15) is 189 Å². The Kier molecular flexibility index (Phi) is 67.0. The first kappa shape index (κ1) is 137. The molecule has 0 aliphatic heterocycles. The Morgan fingerprint density at radius 1 is 0.437 bits per heavy atom. The number of halogens is 4. The van der Waals surface area contributed by atoms with Gasteiger partial charge in [-0.3, -0.25) is 10.1 Å². The van der Waals surface area contributed by atoms with Gasteiger partial charge in [0, 0.05) is 145 Å². The Balaban J connectivity index is -0.000000286. The Labute approximate surface area is 855 Å². The quantitative estimate of drug-likeness (QED) is 0.00987. The van der Waals surface area contributed by atoms with Gasteiger partial charge in [-0.25, -0.2) is 43.3 Å². The van der Waals surface area contributed by atoms with E-state index in [0.29, 0.717) is 36.3 Å². The third kappa shape index (κ3) is 50.5. The lowest BCUT2D eigenvalue weighted by Crippen LogP contribution is -2.44. The second-order valence-electron chi connectivity index (χ2n) is 30.9. The Bertz CT molecular complexity index is 5840. The highest BCUT2D eigenvalue weighted by Crippen LogP contribution is 2.39. The van der Waals surface area contributed by atoms with Crippen molar-refractivity contribution < 1.29 is 68.2 Å². The van der Waals surface area contributed by atoms with Gasteiger partial charge in [-0.15, -0.1) is 12.6 Å². The normalized spacial score (nSPS) is 10.1. The first-order valence-corrected chi connectivity index (χ1v) is 57.3. The number of aliphatic imine (C=N–C) groups is 2. The summed E-state index contributed by atoms with van der Waals surface area (Å²) >= 11 is 17.6. The van der Waals surface area contributed by atoms with Crippen LogP contribution in [0.3, 0.4) is 0 Å². The van der Waals surface area contributed by atoms with E-state index < -0.39 is 60.8 Å². The maximum atomic E-state index is 13.0. The van der Waals surface area contributed by atoms with Crippen LogP contribution in [-0.4, -0.2) is 98.9 Å². The zero-order chi connectivity index (χ0) is 102. The van der Waals surface area contributed by atoms with Gasteiger partial charge >= 0.3 is 12.2 Å². The molecule has 0 spiro atoms. The maximum Gasteiger partial charge on any atom is 0.424 e. The van der Waals surface area contributed by atoms with Crippen LogP contribution in [0, 0.1) is 121 Å². The summed E-state index contributed by atoms with van der Waals surface area (Å²) in [6.07, 6.45) is 0.656. The number of amides is 2. The number of nitrogens with two attached hydrogens (primary N) is 2. The van der Waals surface area contributed by atoms with Crippen LogP contribution in [0.15, 0.2) is 220 Å². The largest absolute Gasteiger partial charge is 0.443 e. The molecule has 0 heterocycles. The minimum absolute atomic E-state index is 0. The van der Waals surface area contributed by atoms with Crippen molar-refractivity contribution in [3.63, 3.8) is 0 Å². The lowest BCUT2D eigenvalue weighted by molar-refractivity contribution is -0.385. The standard InChI is InChI=1S/C25H33NO6S2.C16H19NO2S2.2C9H10N2S.C9H13NS.C8H9NO2.2C8H10O2S.2C2H6.4CH4.F2.I2.H2/c1-16-10-12-19(13-11-16)34(29,30)33-21-15-17(2)20(14-18(21)3)26(22(27)31-24(4,5)6)23(28)32-25(7,8)9;1-11-5-7-14(8-6-11)21(18,19)20-16-10-12(2)15(17-4)9-13(16)3;2*1-6-4-9(11-5-12)7(2)3-8(6)10;1-6-5-9(11)7(2)4-8(6)10-3;1-6-3-4-7(2)8(5-6)9(10)11;2*1-7-3-5-8(6-4-7)11(2,9)10;2*1-2;;;;;2*1-2;/h10-15H,1-9H3;5-10,17H,1-4H3;2*3-4H,10H2,1-2H3;4-5,10-11H,1-3H3;3-5H,1-2H3;2*3-6H,1-2H3;2*1-2H3;4*1H4;;;1H. The molecule has 2 amide bonds. The molecule has 10 aromatic carbocycles. The third-order valence-electron chi connectivity index (χ3n) is 17.5. The number of thiol groups is 1. The monoisotopic (exact) mass is 2260 g/mol. The minimum Gasteiger partial charge on any atom is -0.443 e. The van der Waals surface area contributed by atoms with Crippen LogP contribution in [-0.2, 0) is 46.9 Å². The van der Waals surface area contributed by atoms with Gasteiger partial charge < -0.3 is 31.6 Å². The van der Waals surface area contributed by atoms with Crippen molar-refractivity contribution in [1.29, 1.82) is 0 Å². The molecule has 10 aromatic rings. The molecular weight excluding hydrogens is 2120 g/mol. The molecule has 22 nitrogen and oxygen atoms in total. The van der Waals surface area contributed by atoms with E-state index in [1.54, 1.807) is 172 Å². The Morgan fingerprint density at radius 3 is 1.01 bits per heavy atom. The number of aryl methyl sites for hydroxylation is 16. The first-order valence-electron chi connectivity index (χ1n) is 40.4. The lowest BCUT2D eigenvalue weighted by atomic mass is 10.1. The van der Waals surface area contributed by atoms with E-state index in [1.165, 1.54) is 29.3 Å². The number of imide groups is 1. The molecule has 0 aromatic heterocycles. The van der Waals surface area contributed by atoms with Crippen molar-refractivity contribution in [3.8, 4) is 0 Å². The fourth-order valence-corrected chi connectivity index (χ4v) is 18.3. The zero-order valence-electron chi connectivity index (χ0n) is 80.1. The fraction of sp³-hybridized carbons (Fsp3) is 0.360. The summed E-state index contributed by atoms with van der Waals surface area (Å²) in [7, 11) is -7.67. The molecule has 35 heteroatoms. The van der Waals surface area contributed by atoms with E-state index in [2.05, 4.69) is 131 Å². The Morgan fingerprint density at radius 2 is 0.726 bits per heavy atom. The summed E-state index contributed by atoms with van der Waals surface area (Å²) in [5.41, 5.74) is 31.0. The van der Waals surface area contributed by atoms with Gasteiger partial charge in [0.25, 0.3) is 5.69 Å². The molecule has 0 aliphatic rings. The number of hydrogen-bond acceptors (Lipinski definition) is 25. The summed E-state index contributed by atoms with van der Waals surface area (Å²) < 4.78 is 121. The van der Waals surface area contributed by atoms with Crippen LogP contribution in [0.2, 0.25) is 0 Å². The van der Waals surface area contributed by atoms with Crippen molar-refractivity contribution in [2.75, 3.05) is 53.6 Å². The molecule has 0 saturated heterocycles. The lowest BCUT2D eigenvalue weighted by Gasteiger charge is -2.29. The highest BCUT2D eigenvalue weighted by atomic mass is 128. The molecular formula is C100H144F2I2N8O14S9. The van der Waals surface area contributed by atoms with E-state index >= 15 is 0 Å². The molecule has 0 bridgehead atoms. The van der Waals surface area contributed by atoms with Crippen LogP contribution < -0.4 is 27.0 Å². The number of nitro groups is 1. The zero-order valence-corrected chi connectivity index (χ0v) is 91.9. The number of ether oxygens (including phenoxy) is 2. The van der Waals surface area contributed by atoms with Gasteiger partial charge in [-0.2, -0.15) is 14.9 Å². The summed E-state index contributed by atoms with van der Waals surface area (Å²) in [6, 6.07) is 51.3. The fourth-order valence-electron chi connectivity index (χ4n) is 10.4. The summed E-state index contributed by atoms with van der Waals surface area (Å²) in [5, 5.41) is 21.3. The van der Waals surface area contributed by atoms with Gasteiger partial charge in [0.2, 0.25) is 17.7 Å². The second-order valence-corrected chi connectivity index (χ2v) is 43.4. The number of nitrogen functional groups attached to an aromatic ring is 2. The van der Waals surface area contributed by atoms with E-state index in [1.807, 2.05) is 173 Å². The Hall–Kier alpha value is -8.69. The SMILES string of the molecule is C.C.C.C.CC.CC.CNc1cc(C)c(S)cc1C.CNc1cc(C)c(SS(=O)(=O)c2ccc(C)cc2)cc1C.Cc1cc(N=C=S)c(C)cc1N.Cc1cc(N=C=S)c(C)cc1N.Cc1ccc(C)c([N+](=O)[O-])c1.Cc1ccc(S(=O)(=O)Sc2cc(C)c(N(C(=O)OC(C)(C)C)C(=O)OC(C)(C)C)cc2C)cc1.Cc1ccc(S(C)(=O)=O)cc1.Cc1ccc(S(C)(=O)=O)cc1.FF.II.[HH]. The van der Waals surface area contributed by atoms with E-state index in [0.717, 1.165) is 126 Å². The second kappa shape index (κ2) is 66.0. The van der Waals surface area contributed by atoms with Gasteiger partial charge in [-0.1, -0.05) is 140 Å². The van der Waals surface area contributed by atoms with Gasteiger partial charge in [-0.05, 0) is 347 Å². The molecule has 0 unspecified atom stereocenters. The molecule has 10 rings (SSSR count). The van der Waals surface area contributed by atoms with Crippen LogP contribution in [0.4, 0.5) is 64.2 Å². The van der Waals surface area contributed by atoms with Gasteiger partial charge in [0.05, 0.1) is 51.9 Å². The molecule has 0 radical (unpaired) electrons. The number of hydrogen-bond donors (Lipinski definition) is 5. The van der Waals surface area contributed by atoms with E-state index in [9.17, 15) is 53.4 Å². The molecule has 6 N–H and O–H groups in total. The predicted octanol–water partition coefficient (Wildman–Crippen LogP) is 31.2. The average molecular weight is 2260 g/mol. The molecule has 135 heavy (non-hydrogen) atoms. The van der Waals surface area contributed by atoms with Gasteiger partial charge in [0.1, 0.15) is 11.2 Å². The number of carbonyl (C=O) groups excluding carboxylic acids is 2. The number of benzene rings is 10. The number of anilines is 5. The summed E-state index contributed by atoms with van der Waals surface area (Å²) in [6.45, 7) is 48.7. The highest BCUT2D eigenvalue weighted by Gasteiger charge is 2.35. The van der Waals surface area contributed by atoms with Crippen molar-refractivity contribution in [2.45, 2.75) is 255 Å². The van der Waals surface area contributed by atoms with Crippen molar-refractivity contribution in [1.82, 2.24) is 0 Å². The van der Waals surface area contributed by atoms with Crippen molar-refractivity contribution in [2.24, 2.45) is 9.98 Å². The topological polar surface area (TPSA) is 336 Å². The van der Waals surface area contributed by atoms with Crippen LogP contribution in [0.25, 0.3) is 0 Å². The van der Waals surface area contributed by atoms with E-state index in [-0.39, 0.29) is 52.3 Å². The number of nitro benzene ring substituents is 1. The summed E-state index contributed by atoms with van der Waals surface area (Å²) in [5.74, 6) is 0. The number of sulfone groups is 2. The highest BCUT2D eigenvalue weighted by molar-refractivity contribution is 15.0. The molecule has 0 aliphatic carbocycles. The average Bonchev–Trinajstić information content (AvgIpc) is 0.780. The molecule has 0 fully saturated rings. The number of thiocarbonyl (C=S) groups is 2. The number of carbonyl (C=O) groups is 2. The first-order chi connectivity index (χ1) is 60.8. The predicted molar refractivity (Wildman–Crippen MR) is 601 cm³/mol. The van der Waals surface area contributed by atoms with Crippen molar-refractivity contribution >= 4 is 201 Å². The number of rotatable bonds is 14.